The van der Waals surface area contributed by atoms with E-state index in [0.29, 0.717) is 12.1 Å². The zero-order chi connectivity index (χ0) is 21.8. The lowest BCUT2D eigenvalue weighted by atomic mass is 10.0. The number of carbonyl (C=O) groups excluding carboxylic acids is 2. The van der Waals surface area contributed by atoms with Crippen molar-refractivity contribution in [2.24, 2.45) is 0 Å². The van der Waals surface area contributed by atoms with Crippen LogP contribution in [0.25, 0.3) is 0 Å². The van der Waals surface area contributed by atoms with Crippen molar-refractivity contribution in [3.63, 3.8) is 0 Å². The van der Waals surface area contributed by atoms with Crippen LogP contribution in [-0.2, 0) is 23.8 Å². The fourth-order valence-corrected chi connectivity index (χ4v) is 3.83. The van der Waals surface area contributed by atoms with Crippen LogP contribution in [0.1, 0.15) is 51.0 Å². The first kappa shape index (κ1) is 23.1. The fourth-order valence-electron chi connectivity index (χ4n) is 3.23. The van der Waals surface area contributed by atoms with E-state index in [1.165, 1.54) is 0 Å². The van der Waals surface area contributed by atoms with E-state index in [0.717, 1.165) is 11.8 Å². The van der Waals surface area contributed by atoms with Crippen LogP contribution in [0.4, 0.5) is 4.79 Å². The number of pyridine rings is 1. The molecular formula is C19H29N3O6S. The summed E-state index contributed by atoms with van der Waals surface area (Å²) in [5.74, 6) is -0.128. The molecule has 2 heterocycles. The van der Waals surface area contributed by atoms with Crippen LogP contribution in [-0.4, -0.2) is 61.3 Å². The predicted molar refractivity (Wildman–Crippen MR) is 107 cm³/mol. The molecule has 2 rings (SSSR count). The van der Waals surface area contributed by atoms with Crippen molar-refractivity contribution < 1.29 is 26.9 Å². The summed E-state index contributed by atoms with van der Waals surface area (Å²) in [5, 5.41) is 2.62. The number of aryl methyl sites for hydroxylation is 1. The quantitative estimate of drug-likeness (QED) is 0.661. The van der Waals surface area contributed by atoms with Gasteiger partial charge in [0.25, 0.3) is 10.1 Å². The van der Waals surface area contributed by atoms with Gasteiger partial charge in [0, 0.05) is 25.7 Å². The van der Waals surface area contributed by atoms with Crippen LogP contribution in [0, 0.1) is 6.92 Å². The summed E-state index contributed by atoms with van der Waals surface area (Å²) in [5.41, 5.74) is 0.621. The Morgan fingerprint density at radius 2 is 2.10 bits per heavy atom. The first-order chi connectivity index (χ1) is 13.4. The normalized spacial score (nSPS) is 18.6. The minimum absolute atomic E-state index is 0.128. The summed E-state index contributed by atoms with van der Waals surface area (Å²) in [7, 11) is -3.79. The Bertz CT molecular complexity index is 850. The number of hydrogen-bond donors (Lipinski definition) is 1. The van der Waals surface area contributed by atoms with E-state index in [2.05, 4.69) is 10.3 Å². The van der Waals surface area contributed by atoms with Crippen LogP contribution in [0.15, 0.2) is 18.3 Å². The van der Waals surface area contributed by atoms with E-state index < -0.39 is 34.0 Å². The number of nitrogens with one attached hydrogen (secondary N) is 1. The van der Waals surface area contributed by atoms with Crippen molar-refractivity contribution in [1.29, 1.82) is 0 Å². The molecule has 1 aliphatic rings. The van der Waals surface area contributed by atoms with Gasteiger partial charge in [-0.2, -0.15) is 8.42 Å². The van der Waals surface area contributed by atoms with Crippen molar-refractivity contribution in [3.8, 4) is 0 Å². The van der Waals surface area contributed by atoms with Gasteiger partial charge in [-0.25, -0.2) is 4.79 Å². The van der Waals surface area contributed by atoms with Crippen molar-refractivity contribution in [1.82, 2.24) is 15.2 Å². The van der Waals surface area contributed by atoms with E-state index in [4.69, 9.17) is 8.92 Å². The number of amides is 2. The summed E-state index contributed by atoms with van der Waals surface area (Å²) in [6, 6.07) is 3.05. The van der Waals surface area contributed by atoms with Crippen LogP contribution >= 0.6 is 0 Å². The molecule has 1 fully saturated rings. The standard InChI is InChI=1S/C19H29N3O6S/c1-13-7-6-10-20-16(13)17(28-29(5,25)26)14-8-9-15(23)22(14)12-11-21-18(24)27-19(2,3)4/h6-7,10,14,17H,8-9,11-12H2,1-5H3,(H,21,24)/t14-,17-/m0/s1. The maximum atomic E-state index is 12.4. The van der Waals surface area contributed by atoms with Gasteiger partial charge in [0.2, 0.25) is 5.91 Å². The van der Waals surface area contributed by atoms with Crippen LogP contribution in [0.3, 0.4) is 0 Å². The van der Waals surface area contributed by atoms with Crippen molar-refractivity contribution in [3.05, 3.63) is 29.6 Å². The van der Waals surface area contributed by atoms with Crippen molar-refractivity contribution >= 4 is 22.1 Å². The summed E-state index contributed by atoms with van der Waals surface area (Å²) in [6.45, 7) is 7.47. The van der Waals surface area contributed by atoms with Gasteiger partial charge < -0.3 is 15.0 Å². The third kappa shape index (κ3) is 6.97. The van der Waals surface area contributed by atoms with Crippen LogP contribution in [0.2, 0.25) is 0 Å². The fraction of sp³-hybridized carbons (Fsp3) is 0.632. The lowest BCUT2D eigenvalue weighted by molar-refractivity contribution is -0.130. The van der Waals surface area contributed by atoms with Gasteiger partial charge >= 0.3 is 6.09 Å². The Balaban J connectivity index is 2.16. The van der Waals surface area contributed by atoms with E-state index in [1.807, 2.05) is 13.0 Å². The van der Waals surface area contributed by atoms with Gasteiger partial charge in [-0.1, -0.05) is 6.07 Å². The SMILES string of the molecule is Cc1cccnc1[C@@H](OS(C)(=O)=O)[C@@H]1CCC(=O)N1CCNC(=O)OC(C)(C)C. The zero-order valence-corrected chi connectivity index (χ0v) is 18.3. The zero-order valence-electron chi connectivity index (χ0n) is 17.5. The lowest BCUT2D eigenvalue weighted by Gasteiger charge is -2.31. The number of aromatic nitrogens is 1. The lowest BCUT2D eigenvalue weighted by Crippen LogP contribution is -2.44. The van der Waals surface area contributed by atoms with Crippen LogP contribution in [0.5, 0.6) is 0 Å². The molecule has 0 saturated carbocycles. The van der Waals surface area contributed by atoms with E-state index in [9.17, 15) is 18.0 Å². The minimum Gasteiger partial charge on any atom is -0.444 e. The van der Waals surface area contributed by atoms with Gasteiger partial charge in [-0.05, 0) is 45.7 Å². The van der Waals surface area contributed by atoms with E-state index >= 15 is 0 Å². The molecule has 9 nitrogen and oxygen atoms in total. The smallest absolute Gasteiger partial charge is 0.407 e. The Hall–Kier alpha value is -2.20. The second-order valence-corrected chi connectivity index (χ2v) is 9.65. The maximum absolute atomic E-state index is 12.4. The Labute approximate surface area is 171 Å². The average Bonchev–Trinajstić information content (AvgIpc) is 2.92. The van der Waals surface area contributed by atoms with Gasteiger partial charge in [-0.15, -0.1) is 0 Å². The van der Waals surface area contributed by atoms with Gasteiger partial charge in [0.15, 0.2) is 0 Å². The summed E-state index contributed by atoms with van der Waals surface area (Å²) < 4.78 is 34.3. The minimum atomic E-state index is -3.79. The first-order valence-electron chi connectivity index (χ1n) is 9.43. The topological polar surface area (TPSA) is 115 Å². The number of ether oxygens (including phenoxy) is 1. The molecule has 0 spiro atoms. The molecular weight excluding hydrogens is 398 g/mol. The number of carbonyl (C=O) groups is 2. The molecule has 10 heteroatoms. The Kier molecular flexibility index (Phi) is 7.23. The monoisotopic (exact) mass is 427 g/mol. The van der Waals surface area contributed by atoms with E-state index in [1.54, 1.807) is 37.9 Å². The molecule has 0 bridgehead atoms. The molecule has 1 N–H and O–H groups in total. The molecule has 29 heavy (non-hydrogen) atoms. The van der Waals surface area contributed by atoms with Gasteiger partial charge in [0.1, 0.15) is 11.7 Å². The largest absolute Gasteiger partial charge is 0.444 e. The number of rotatable bonds is 7. The van der Waals surface area contributed by atoms with Crippen molar-refractivity contribution in [2.75, 3.05) is 19.3 Å². The highest BCUT2D eigenvalue weighted by Crippen LogP contribution is 2.34. The Morgan fingerprint density at radius 3 is 2.69 bits per heavy atom. The highest BCUT2D eigenvalue weighted by atomic mass is 32.2. The van der Waals surface area contributed by atoms with Crippen LogP contribution < -0.4 is 5.32 Å². The van der Waals surface area contributed by atoms with E-state index in [-0.39, 0.29) is 25.4 Å². The summed E-state index contributed by atoms with van der Waals surface area (Å²) in [4.78, 5) is 30.1. The molecule has 162 valence electrons. The van der Waals surface area contributed by atoms with Crippen molar-refractivity contribution in [2.45, 2.75) is 58.3 Å². The highest BCUT2D eigenvalue weighted by Gasteiger charge is 2.40. The summed E-state index contributed by atoms with van der Waals surface area (Å²) in [6.07, 6.45) is 1.74. The number of hydrogen-bond acceptors (Lipinski definition) is 7. The molecule has 0 aliphatic carbocycles. The number of alkyl carbamates (subject to hydrolysis) is 1. The Morgan fingerprint density at radius 1 is 1.41 bits per heavy atom. The molecule has 1 saturated heterocycles. The molecule has 0 unspecified atom stereocenters. The van der Waals surface area contributed by atoms with Gasteiger partial charge in [0.05, 0.1) is 18.0 Å². The molecule has 1 aliphatic heterocycles. The predicted octanol–water partition coefficient (Wildman–Crippen LogP) is 1.92. The molecule has 1 aromatic rings. The third-order valence-electron chi connectivity index (χ3n) is 4.34. The molecule has 2 amide bonds. The molecule has 0 radical (unpaired) electrons. The third-order valence-corrected chi connectivity index (χ3v) is 4.90. The maximum Gasteiger partial charge on any atom is 0.407 e. The average molecular weight is 428 g/mol. The molecule has 0 aromatic carbocycles. The summed E-state index contributed by atoms with van der Waals surface area (Å²) >= 11 is 0. The number of likely N-dealkylation sites (tertiary alicyclic amines) is 1. The van der Waals surface area contributed by atoms with Gasteiger partial charge in [-0.3, -0.25) is 14.0 Å². The highest BCUT2D eigenvalue weighted by molar-refractivity contribution is 7.86. The second-order valence-electron chi connectivity index (χ2n) is 8.05. The molecule has 2 atom stereocenters. The number of nitrogens with zero attached hydrogens (tertiary/aromatic N) is 2. The molecule has 1 aromatic heterocycles. The first-order valence-corrected chi connectivity index (χ1v) is 11.2. The second kappa shape index (κ2) is 9.08.